The van der Waals surface area contributed by atoms with Crippen LogP contribution >= 0.6 is 0 Å². The van der Waals surface area contributed by atoms with Gasteiger partial charge in [-0.15, -0.1) is 0 Å². The molecule has 0 spiro atoms. The summed E-state index contributed by atoms with van der Waals surface area (Å²) in [6, 6.07) is 84.5. The predicted octanol–water partition coefficient (Wildman–Crippen LogP) is 20.9. The van der Waals surface area contributed by atoms with Crippen LogP contribution in [0.15, 0.2) is 260 Å². The second-order valence-electron chi connectivity index (χ2n) is 22.1. The van der Waals surface area contributed by atoms with Gasteiger partial charge in [0.1, 0.15) is 44.7 Å². The first-order valence-electron chi connectivity index (χ1n) is 28.5. The Hall–Kier alpha value is -11.0. The normalized spacial score (nSPS) is 12.0. The quantitative estimate of drug-likeness (QED) is 0.152. The number of para-hydroxylation sites is 8. The minimum absolute atomic E-state index is 0.951. The predicted molar refractivity (Wildman–Crippen MR) is 351 cm³/mol. The average Bonchev–Trinajstić information content (AvgIpc) is 2.97. The first-order chi connectivity index (χ1) is 41.3. The molecule has 0 saturated heterocycles. The van der Waals surface area contributed by atoms with Crippen LogP contribution in [0.25, 0.3) is 175 Å². The third kappa shape index (κ3) is 7.01. The lowest BCUT2D eigenvalue weighted by Gasteiger charge is -1.97. The van der Waals surface area contributed by atoms with Crippen LogP contribution in [0.2, 0.25) is 0 Å². The smallest absolute Gasteiger partial charge is 0.145 e. The molecular formula is C76H52N4O4. The molecule has 20 aromatic rings. The van der Waals surface area contributed by atoms with Crippen molar-refractivity contribution in [2.24, 2.45) is 28.2 Å². The van der Waals surface area contributed by atoms with E-state index >= 15 is 0 Å². The highest BCUT2D eigenvalue weighted by Crippen LogP contribution is 2.42. The van der Waals surface area contributed by atoms with Crippen LogP contribution in [-0.2, 0) is 28.2 Å². The summed E-state index contributed by atoms with van der Waals surface area (Å²) < 4.78 is 33.2. The maximum Gasteiger partial charge on any atom is 0.145 e. The molecule has 400 valence electrons. The van der Waals surface area contributed by atoms with E-state index < -0.39 is 0 Å². The number of furan rings is 4. The van der Waals surface area contributed by atoms with E-state index in [4.69, 9.17) is 17.7 Å². The zero-order valence-electron chi connectivity index (χ0n) is 46.5. The van der Waals surface area contributed by atoms with Crippen LogP contribution in [0.5, 0.6) is 0 Å². The molecule has 8 aromatic heterocycles. The van der Waals surface area contributed by atoms with Crippen molar-refractivity contribution in [2.45, 2.75) is 0 Å². The molecule has 0 atom stereocenters. The van der Waals surface area contributed by atoms with Crippen molar-refractivity contribution in [2.75, 3.05) is 0 Å². The topological polar surface area (TPSA) is 72.3 Å². The highest BCUT2D eigenvalue weighted by Gasteiger charge is 2.19. The van der Waals surface area contributed by atoms with E-state index in [0.29, 0.717) is 0 Å². The van der Waals surface area contributed by atoms with E-state index in [1.54, 1.807) is 0 Å². The van der Waals surface area contributed by atoms with Gasteiger partial charge in [-0.3, -0.25) is 0 Å². The van der Waals surface area contributed by atoms with Crippen LogP contribution in [0.1, 0.15) is 0 Å². The minimum Gasteiger partial charge on any atom is -0.456 e. The van der Waals surface area contributed by atoms with Crippen molar-refractivity contribution in [1.82, 2.24) is 18.3 Å². The van der Waals surface area contributed by atoms with Crippen LogP contribution in [0.3, 0.4) is 0 Å². The molecule has 0 radical (unpaired) electrons. The Balaban J connectivity index is 0.0000000882. The van der Waals surface area contributed by atoms with Crippen molar-refractivity contribution in [3.05, 3.63) is 243 Å². The number of nitrogens with zero attached hydrogens (tertiary/aromatic N) is 4. The van der Waals surface area contributed by atoms with E-state index in [9.17, 15) is 0 Å². The fraction of sp³-hybridized carbons (Fsp3) is 0.0526. The molecule has 0 unspecified atom stereocenters. The molecule has 0 amide bonds. The number of aryl methyl sites for hydroxylation is 4. The summed E-state index contributed by atoms with van der Waals surface area (Å²) in [4.78, 5) is 0. The number of aromatic nitrogens is 4. The summed E-state index contributed by atoms with van der Waals surface area (Å²) >= 11 is 0. The van der Waals surface area contributed by atoms with Crippen molar-refractivity contribution in [3.8, 4) is 0 Å². The average molecular weight is 1090 g/mol. The molecule has 84 heavy (non-hydrogen) atoms. The third-order valence-corrected chi connectivity index (χ3v) is 17.7. The lowest BCUT2D eigenvalue weighted by molar-refractivity contribution is 0.669. The fourth-order valence-electron chi connectivity index (χ4n) is 13.6. The summed E-state index contributed by atoms with van der Waals surface area (Å²) in [7, 11) is 8.47. The zero-order valence-corrected chi connectivity index (χ0v) is 46.5. The van der Waals surface area contributed by atoms with E-state index in [0.717, 1.165) is 44.7 Å². The third-order valence-electron chi connectivity index (χ3n) is 17.7. The van der Waals surface area contributed by atoms with Gasteiger partial charge in [-0.1, -0.05) is 146 Å². The highest BCUT2D eigenvalue weighted by molar-refractivity contribution is 6.27. The summed E-state index contributed by atoms with van der Waals surface area (Å²) in [6.07, 6.45) is 0. The molecule has 0 N–H and O–H groups in total. The van der Waals surface area contributed by atoms with E-state index in [-0.39, 0.29) is 0 Å². The van der Waals surface area contributed by atoms with Gasteiger partial charge in [0.25, 0.3) is 0 Å². The van der Waals surface area contributed by atoms with Gasteiger partial charge in [-0.25, -0.2) is 0 Å². The lowest BCUT2D eigenvalue weighted by Crippen LogP contribution is -1.85. The highest BCUT2D eigenvalue weighted by atomic mass is 16.3. The Morgan fingerprint density at radius 2 is 0.560 bits per heavy atom. The number of fused-ring (bicyclic) bond motifs is 26. The number of hydrogen-bond donors (Lipinski definition) is 0. The number of rotatable bonds is 0. The molecule has 0 saturated carbocycles. The first kappa shape index (κ1) is 47.8. The fourth-order valence-corrected chi connectivity index (χ4v) is 13.6. The van der Waals surface area contributed by atoms with Gasteiger partial charge in [0.2, 0.25) is 0 Å². The molecule has 20 rings (SSSR count). The van der Waals surface area contributed by atoms with E-state index in [2.05, 4.69) is 241 Å². The minimum atomic E-state index is 0.951. The van der Waals surface area contributed by atoms with Crippen LogP contribution in [0, 0.1) is 0 Å². The monoisotopic (exact) mass is 1080 g/mol. The number of hydrogen-bond acceptors (Lipinski definition) is 4. The van der Waals surface area contributed by atoms with Gasteiger partial charge in [0, 0.05) is 148 Å². The SMILES string of the molecule is Cn1c2ccccc2c2c3c(ccc21)oc1ccccc13.Cn1c2ccccc2c2c3oc4ccccc4c3ccc21.Cn1c2ccccc2c2cc3c(cc21)oc1ccccc13.Cn1c2ccccc2c2cc3oc4ccccc4c3cc21. The molecule has 0 aliphatic rings. The Morgan fingerprint density at radius 1 is 0.190 bits per heavy atom. The van der Waals surface area contributed by atoms with Gasteiger partial charge in [0.05, 0.1) is 16.4 Å². The second-order valence-corrected chi connectivity index (χ2v) is 22.1. The van der Waals surface area contributed by atoms with E-state index in [1.165, 1.54) is 130 Å². The molecule has 0 aliphatic heterocycles. The first-order valence-corrected chi connectivity index (χ1v) is 28.5. The zero-order chi connectivity index (χ0) is 55.9. The second kappa shape index (κ2) is 18.3. The maximum absolute atomic E-state index is 6.17. The Morgan fingerprint density at radius 3 is 1.14 bits per heavy atom. The summed E-state index contributed by atoms with van der Waals surface area (Å²) in [5.41, 5.74) is 17.6. The largest absolute Gasteiger partial charge is 0.456 e. The van der Waals surface area contributed by atoms with Crippen LogP contribution < -0.4 is 0 Å². The van der Waals surface area contributed by atoms with Crippen molar-refractivity contribution < 1.29 is 17.7 Å². The molecule has 8 nitrogen and oxygen atoms in total. The molecule has 0 bridgehead atoms. The lowest BCUT2D eigenvalue weighted by atomic mass is 10.1. The van der Waals surface area contributed by atoms with Gasteiger partial charge in [-0.2, -0.15) is 0 Å². The molecule has 12 aromatic carbocycles. The molecule has 0 aliphatic carbocycles. The van der Waals surface area contributed by atoms with Crippen molar-refractivity contribution in [1.29, 1.82) is 0 Å². The molecule has 0 fully saturated rings. The van der Waals surface area contributed by atoms with Gasteiger partial charge >= 0.3 is 0 Å². The van der Waals surface area contributed by atoms with Crippen LogP contribution in [-0.4, -0.2) is 18.3 Å². The Labute approximate surface area is 479 Å². The summed E-state index contributed by atoms with van der Waals surface area (Å²) in [5, 5.41) is 19.7. The molecule has 8 heterocycles. The van der Waals surface area contributed by atoms with Gasteiger partial charge in [0.15, 0.2) is 0 Å². The van der Waals surface area contributed by atoms with Gasteiger partial charge < -0.3 is 35.9 Å². The van der Waals surface area contributed by atoms with Gasteiger partial charge in [-0.05, 0) is 91.0 Å². The maximum atomic E-state index is 6.17. The Kier molecular flexibility index (Phi) is 10.4. The van der Waals surface area contributed by atoms with Crippen LogP contribution in [0.4, 0.5) is 0 Å². The molecule has 8 heteroatoms. The van der Waals surface area contributed by atoms with E-state index in [1.807, 2.05) is 48.5 Å². The summed E-state index contributed by atoms with van der Waals surface area (Å²) in [5.74, 6) is 0. The van der Waals surface area contributed by atoms with Crippen molar-refractivity contribution in [3.63, 3.8) is 0 Å². The summed E-state index contributed by atoms with van der Waals surface area (Å²) in [6.45, 7) is 0. The Bertz CT molecular complexity index is 6030. The van der Waals surface area contributed by atoms with Crippen molar-refractivity contribution >= 4 is 175 Å². The molecular weight excluding hydrogens is 1030 g/mol. The standard InChI is InChI=1S/4C19H13NO/c1-20-15-8-4-2-7-14(15)18-16(20)11-10-13-12-6-3-5-9-17(12)21-19(13)18;1-20-16-8-4-2-6-12(16)14-11-19-15(10-17(14)20)13-7-3-5-9-18(13)21-19;1-20-16-8-4-2-6-12(16)14-10-15-13-7-3-5-9-18(13)21-19(15)11-17(14)20;1-20-14-8-4-2-6-12(14)18-15(20)10-11-17-19(18)13-7-3-5-9-16(13)21-17/h4*2-11H,1H3. The number of benzene rings is 12.